The van der Waals surface area contributed by atoms with Crippen molar-refractivity contribution in [3.63, 3.8) is 0 Å². The number of nitrogens with zero attached hydrogens (tertiary/aromatic N) is 5. The fourth-order valence-corrected chi connectivity index (χ4v) is 4.23. The third-order valence-electron chi connectivity index (χ3n) is 4.48. The number of nitrogen functional groups attached to an aromatic ring is 1. The van der Waals surface area contributed by atoms with Crippen LogP contribution in [-0.4, -0.2) is 25.1 Å². The van der Waals surface area contributed by atoms with E-state index in [1.807, 2.05) is 36.6 Å². The van der Waals surface area contributed by atoms with Crippen molar-refractivity contribution in [1.29, 1.82) is 0 Å². The Hall–Kier alpha value is -2.65. The summed E-state index contributed by atoms with van der Waals surface area (Å²) in [4.78, 5) is 0.948. The topological polar surface area (TPSA) is 95.7 Å². The molecule has 0 spiro atoms. The minimum Gasteiger partial charge on any atom is -0.419 e. The molecule has 0 fully saturated rings. The van der Waals surface area contributed by atoms with Gasteiger partial charge in [-0.1, -0.05) is 62.9 Å². The number of hydrogen-bond donors (Lipinski definition) is 1. The number of thioether (sulfide) groups is 1. The van der Waals surface area contributed by atoms with E-state index in [-0.39, 0.29) is 10.7 Å². The number of thiophene rings is 1. The smallest absolute Gasteiger partial charge is 0.257 e. The molecular weight excluding hydrogens is 404 g/mol. The zero-order valence-electron chi connectivity index (χ0n) is 16.7. The predicted molar refractivity (Wildman–Crippen MR) is 116 cm³/mol. The van der Waals surface area contributed by atoms with Gasteiger partial charge >= 0.3 is 0 Å². The van der Waals surface area contributed by atoms with E-state index in [4.69, 9.17) is 10.3 Å². The molecule has 0 saturated heterocycles. The number of benzene rings is 1. The molecule has 0 unspecified atom stereocenters. The molecule has 1 atom stereocenters. The van der Waals surface area contributed by atoms with Crippen LogP contribution in [0.15, 0.2) is 51.4 Å². The van der Waals surface area contributed by atoms with Crippen LogP contribution in [0.3, 0.4) is 0 Å². The van der Waals surface area contributed by atoms with Crippen LogP contribution in [0.4, 0.5) is 0 Å². The fraction of sp³-hybridized carbons (Fsp3) is 0.300. The molecular formula is C20H22N6OS2. The number of aromatic nitrogens is 5. The Balaban J connectivity index is 1.51. The number of nitrogens with two attached hydrogens (primary N) is 1. The summed E-state index contributed by atoms with van der Waals surface area (Å²) in [5.41, 5.74) is 2.27. The molecule has 0 amide bonds. The molecule has 1 aromatic carbocycles. The van der Waals surface area contributed by atoms with E-state index in [0.29, 0.717) is 22.8 Å². The van der Waals surface area contributed by atoms with Crippen LogP contribution < -0.4 is 5.84 Å². The van der Waals surface area contributed by atoms with E-state index in [1.165, 1.54) is 22.0 Å². The Morgan fingerprint density at radius 3 is 2.48 bits per heavy atom. The lowest BCUT2D eigenvalue weighted by atomic mass is 9.87. The lowest BCUT2D eigenvalue weighted by Crippen LogP contribution is -2.13. The maximum absolute atomic E-state index is 6.27. The Morgan fingerprint density at radius 2 is 1.83 bits per heavy atom. The second kappa shape index (κ2) is 7.64. The molecule has 150 valence electrons. The van der Waals surface area contributed by atoms with Gasteiger partial charge in [-0.3, -0.25) is 0 Å². The van der Waals surface area contributed by atoms with Crippen molar-refractivity contribution in [2.45, 2.75) is 43.5 Å². The molecule has 0 radical (unpaired) electrons. The second-order valence-electron chi connectivity index (χ2n) is 7.69. The molecule has 3 heterocycles. The summed E-state index contributed by atoms with van der Waals surface area (Å²) in [5.74, 6) is 7.94. The summed E-state index contributed by atoms with van der Waals surface area (Å²) in [6, 6.07) is 12.2. The van der Waals surface area contributed by atoms with Crippen molar-refractivity contribution >= 4 is 23.1 Å². The summed E-state index contributed by atoms with van der Waals surface area (Å²) in [6.07, 6.45) is 0. The Kier molecular flexibility index (Phi) is 5.18. The quantitative estimate of drug-likeness (QED) is 0.357. The summed E-state index contributed by atoms with van der Waals surface area (Å²) >= 11 is 2.99. The van der Waals surface area contributed by atoms with Crippen LogP contribution in [0.1, 0.15) is 44.4 Å². The summed E-state index contributed by atoms with van der Waals surface area (Å²) in [5, 5.41) is 19.3. The first-order valence-corrected chi connectivity index (χ1v) is 10.9. The average Bonchev–Trinajstić information content (AvgIpc) is 3.42. The lowest BCUT2D eigenvalue weighted by Gasteiger charge is -2.19. The molecule has 3 aromatic heterocycles. The van der Waals surface area contributed by atoms with Crippen molar-refractivity contribution < 1.29 is 4.42 Å². The first kappa shape index (κ1) is 19.7. The fourth-order valence-electron chi connectivity index (χ4n) is 2.78. The van der Waals surface area contributed by atoms with E-state index in [2.05, 4.69) is 53.3 Å². The molecule has 0 bridgehead atoms. The SMILES string of the molecule is C[C@H](Sc1nnc(-c2ccc(C(C)(C)C)cc2)n1N)c1nnc(-c2cccs2)o1. The lowest BCUT2D eigenvalue weighted by molar-refractivity contribution is 0.510. The highest BCUT2D eigenvalue weighted by molar-refractivity contribution is 7.99. The summed E-state index contributed by atoms with van der Waals surface area (Å²) in [6.45, 7) is 8.53. The average molecular weight is 427 g/mol. The van der Waals surface area contributed by atoms with Gasteiger partial charge in [-0.25, -0.2) is 4.68 Å². The molecule has 2 N–H and O–H groups in total. The highest BCUT2D eigenvalue weighted by atomic mass is 32.2. The predicted octanol–water partition coefficient (Wildman–Crippen LogP) is 4.92. The van der Waals surface area contributed by atoms with Gasteiger partial charge in [-0.15, -0.1) is 31.7 Å². The molecule has 0 aliphatic heterocycles. The van der Waals surface area contributed by atoms with Crippen LogP contribution in [0.5, 0.6) is 0 Å². The first-order chi connectivity index (χ1) is 13.8. The standard InChI is InChI=1S/C20H22N6OS2/c1-12(17-23-24-18(27-17)15-6-5-11-28-15)29-19-25-22-16(26(19)21)13-7-9-14(10-8-13)20(2,3)4/h5-12H,21H2,1-4H3/t12-/m0/s1. The highest BCUT2D eigenvalue weighted by Crippen LogP contribution is 2.35. The maximum atomic E-state index is 6.27. The molecule has 0 aliphatic carbocycles. The maximum Gasteiger partial charge on any atom is 0.257 e. The molecule has 4 rings (SSSR count). The Labute approximate surface area is 177 Å². The number of hydrogen-bond acceptors (Lipinski definition) is 8. The van der Waals surface area contributed by atoms with E-state index < -0.39 is 0 Å². The van der Waals surface area contributed by atoms with Gasteiger partial charge in [-0.2, -0.15) is 0 Å². The van der Waals surface area contributed by atoms with E-state index >= 15 is 0 Å². The molecule has 0 aliphatic rings. The van der Waals surface area contributed by atoms with Crippen LogP contribution in [0.2, 0.25) is 0 Å². The largest absolute Gasteiger partial charge is 0.419 e. The molecule has 0 saturated carbocycles. The van der Waals surface area contributed by atoms with Crippen molar-refractivity contribution in [3.8, 4) is 22.2 Å². The number of rotatable bonds is 5. The third-order valence-corrected chi connectivity index (χ3v) is 6.38. The Bertz CT molecular complexity index is 1090. The van der Waals surface area contributed by atoms with Gasteiger partial charge in [0.15, 0.2) is 5.82 Å². The van der Waals surface area contributed by atoms with Gasteiger partial charge in [0.1, 0.15) is 0 Å². The molecule has 9 heteroatoms. The monoisotopic (exact) mass is 426 g/mol. The van der Waals surface area contributed by atoms with Crippen molar-refractivity contribution in [3.05, 3.63) is 53.2 Å². The van der Waals surface area contributed by atoms with Crippen molar-refractivity contribution in [2.75, 3.05) is 5.84 Å². The molecule has 7 nitrogen and oxygen atoms in total. The van der Waals surface area contributed by atoms with Gasteiger partial charge in [0.2, 0.25) is 11.0 Å². The first-order valence-electron chi connectivity index (χ1n) is 9.18. The highest BCUT2D eigenvalue weighted by Gasteiger charge is 2.21. The van der Waals surface area contributed by atoms with E-state index in [9.17, 15) is 0 Å². The van der Waals surface area contributed by atoms with Crippen LogP contribution in [0, 0.1) is 0 Å². The van der Waals surface area contributed by atoms with Crippen LogP contribution >= 0.6 is 23.1 Å². The van der Waals surface area contributed by atoms with Crippen molar-refractivity contribution in [1.82, 2.24) is 25.1 Å². The Morgan fingerprint density at radius 1 is 1.07 bits per heavy atom. The van der Waals surface area contributed by atoms with Gasteiger partial charge in [0, 0.05) is 5.56 Å². The minimum absolute atomic E-state index is 0.0946. The minimum atomic E-state index is -0.112. The normalized spacial score (nSPS) is 13.0. The zero-order valence-corrected chi connectivity index (χ0v) is 18.3. The van der Waals surface area contributed by atoms with E-state index in [0.717, 1.165) is 10.4 Å². The van der Waals surface area contributed by atoms with Gasteiger partial charge < -0.3 is 10.3 Å². The van der Waals surface area contributed by atoms with Gasteiger partial charge in [0.05, 0.1) is 10.1 Å². The molecule has 29 heavy (non-hydrogen) atoms. The van der Waals surface area contributed by atoms with E-state index in [1.54, 1.807) is 11.3 Å². The van der Waals surface area contributed by atoms with Crippen molar-refractivity contribution in [2.24, 2.45) is 0 Å². The summed E-state index contributed by atoms with van der Waals surface area (Å²) < 4.78 is 7.31. The molecule has 4 aromatic rings. The van der Waals surface area contributed by atoms with Crippen LogP contribution in [-0.2, 0) is 5.41 Å². The second-order valence-corrected chi connectivity index (χ2v) is 9.94. The summed E-state index contributed by atoms with van der Waals surface area (Å²) in [7, 11) is 0. The van der Waals surface area contributed by atoms with Gasteiger partial charge in [0.25, 0.3) is 5.89 Å². The van der Waals surface area contributed by atoms with Crippen LogP contribution in [0.25, 0.3) is 22.2 Å². The van der Waals surface area contributed by atoms with Gasteiger partial charge in [-0.05, 0) is 29.3 Å². The third kappa shape index (κ3) is 4.06. The zero-order chi connectivity index (χ0) is 20.6.